The fourth-order valence-corrected chi connectivity index (χ4v) is 3.27. The van der Waals surface area contributed by atoms with Gasteiger partial charge < -0.3 is 0 Å². The lowest BCUT2D eigenvalue weighted by atomic mass is 10.2. The number of imide groups is 1. The van der Waals surface area contributed by atoms with Crippen molar-refractivity contribution in [3.8, 4) is 0 Å². The highest BCUT2D eigenvalue weighted by Crippen LogP contribution is 2.35. The summed E-state index contributed by atoms with van der Waals surface area (Å²) in [5.74, 6) is -0.281. The molecule has 0 aromatic heterocycles. The standard InChI is InChI=1S/C16H10BrNO2S/c17-12-6-4-5-11(9-12)10-14-15(19)18(16(20)21-14)13-7-2-1-3-8-13/h1-10H. The zero-order chi connectivity index (χ0) is 14.8. The van der Waals surface area contributed by atoms with Crippen LogP contribution in [0.2, 0.25) is 0 Å². The fourth-order valence-electron chi connectivity index (χ4n) is 2.02. The molecule has 104 valence electrons. The van der Waals surface area contributed by atoms with E-state index in [1.54, 1.807) is 30.3 Å². The number of amides is 2. The quantitative estimate of drug-likeness (QED) is 0.729. The summed E-state index contributed by atoms with van der Waals surface area (Å²) in [4.78, 5) is 26.1. The van der Waals surface area contributed by atoms with Crippen molar-refractivity contribution in [2.45, 2.75) is 0 Å². The molecule has 3 rings (SSSR count). The second-order valence-corrected chi connectivity index (χ2v) is 6.32. The summed E-state index contributed by atoms with van der Waals surface area (Å²) in [5.41, 5.74) is 1.47. The van der Waals surface area contributed by atoms with Gasteiger partial charge in [-0.05, 0) is 47.7 Å². The molecule has 1 fully saturated rings. The van der Waals surface area contributed by atoms with Crippen LogP contribution in [0, 0.1) is 0 Å². The van der Waals surface area contributed by atoms with Crippen molar-refractivity contribution in [2.75, 3.05) is 4.90 Å². The van der Waals surface area contributed by atoms with Crippen LogP contribution in [0.25, 0.3) is 6.08 Å². The van der Waals surface area contributed by atoms with Gasteiger partial charge >= 0.3 is 0 Å². The molecule has 5 heteroatoms. The van der Waals surface area contributed by atoms with Crippen LogP contribution in [-0.2, 0) is 4.79 Å². The average molecular weight is 360 g/mol. The summed E-state index contributed by atoms with van der Waals surface area (Å²) in [6.45, 7) is 0. The lowest BCUT2D eigenvalue weighted by Crippen LogP contribution is -2.27. The molecule has 0 unspecified atom stereocenters. The highest BCUT2D eigenvalue weighted by Gasteiger charge is 2.36. The molecule has 0 aliphatic carbocycles. The first-order chi connectivity index (χ1) is 10.1. The number of carbonyl (C=O) groups excluding carboxylic acids is 2. The van der Waals surface area contributed by atoms with Crippen LogP contribution in [0.1, 0.15) is 5.56 Å². The van der Waals surface area contributed by atoms with Gasteiger partial charge in [-0.1, -0.05) is 46.3 Å². The van der Waals surface area contributed by atoms with Crippen LogP contribution in [0.4, 0.5) is 10.5 Å². The number of thioether (sulfide) groups is 1. The van der Waals surface area contributed by atoms with E-state index in [4.69, 9.17) is 0 Å². The third-order valence-corrected chi connectivity index (χ3v) is 4.32. The van der Waals surface area contributed by atoms with Gasteiger partial charge in [0.1, 0.15) is 0 Å². The van der Waals surface area contributed by atoms with Gasteiger partial charge in [0.2, 0.25) is 0 Å². The Hall–Kier alpha value is -1.85. The molecule has 0 saturated carbocycles. The van der Waals surface area contributed by atoms with E-state index >= 15 is 0 Å². The maximum absolute atomic E-state index is 12.4. The lowest BCUT2D eigenvalue weighted by Gasteiger charge is -2.11. The predicted molar refractivity (Wildman–Crippen MR) is 89.0 cm³/mol. The normalized spacial score (nSPS) is 16.8. The Labute approximate surface area is 134 Å². The van der Waals surface area contributed by atoms with Gasteiger partial charge in [0.05, 0.1) is 10.6 Å². The molecular formula is C16H10BrNO2S. The fraction of sp³-hybridized carbons (Fsp3) is 0. The van der Waals surface area contributed by atoms with Crippen LogP contribution < -0.4 is 4.90 Å². The average Bonchev–Trinajstić information content (AvgIpc) is 2.74. The van der Waals surface area contributed by atoms with Crippen LogP contribution in [0.3, 0.4) is 0 Å². The van der Waals surface area contributed by atoms with Gasteiger partial charge in [-0.15, -0.1) is 0 Å². The highest BCUT2D eigenvalue weighted by molar-refractivity contribution is 9.10. The Morgan fingerprint density at radius 2 is 1.76 bits per heavy atom. The molecule has 2 aromatic carbocycles. The van der Waals surface area contributed by atoms with Gasteiger partial charge in [-0.25, -0.2) is 4.90 Å². The molecule has 2 amide bonds. The smallest absolute Gasteiger partial charge is 0.268 e. The number of rotatable bonds is 2. The number of nitrogens with zero attached hydrogens (tertiary/aromatic N) is 1. The number of para-hydroxylation sites is 1. The zero-order valence-corrected chi connectivity index (χ0v) is 13.2. The van der Waals surface area contributed by atoms with E-state index in [2.05, 4.69) is 15.9 Å². The van der Waals surface area contributed by atoms with E-state index in [0.29, 0.717) is 10.6 Å². The molecule has 0 N–H and O–H groups in total. The van der Waals surface area contributed by atoms with Crippen molar-refractivity contribution in [2.24, 2.45) is 0 Å². The number of carbonyl (C=O) groups is 2. The maximum Gasteiger partial charge on any atom is 0.298 e. The third kappa shape index (κ3) is 2.94. The first kappa shape index (κ1) is 14.1. The first-order valence-corrected chi connectivity index (χ1v) is 7.85. The number of benzene rings is 2. The molecule has 0 bridgehead atoms. The van der Waals surface area contributed by atoms with Gasteiger partial charge in [0, 0.05) is 4.47 Å². The van der Waals surface area contributed by atoms with E-state index in [0.717, 1.165) is 21.8 Å². The molecule has 1 aliphatic heterocycles. The molecule has 1 heterocycles. The molecule has 2 aromatic rings. The summed E-state index contributed by atoms with van der Waals surface area (Å²) in [5, 5.41) is -0.271. The molecule has 21 heavy (non-hydrogen) atoms. The summed E-state index contributed by atoms with van der Waals surface area (Å²) in [6, 6.07) is 16.5. The van der Waals surface area contributed by atoms with E-state index in [1.165, 1.54) is 4.90 Å². The van der Waals surface area contributed by atoms with Crippen LogP contribution in [0.5, 0.6) is 0 Å². The van der Waals surface area contributed by atoms with Crippen molar-refractivity contribution in [3.63, 3.8) is 0 Å². The Kier molecular flexibility index (Phi) is 3.94. The van der Waals surface area contributed by atoms with Crippen LogP contribution in [0.15, 0.2) is 64.0 Å². The minimum atomic E-state index is -0.281. The first-order valence-electron chi connectivity index (χ1n) is 6.24. The summed E-state index contributed by atoms with van der Waals surface area (Å²) < 4.78 is 0.929. The van der Waals surface area contributed by atoms with Crippen LogP contribution >= 0.6 is 27.7 Å². The van der Waals surface area contributed by atoms with Gasteiger partial charge in [-0.2, -0.15) is 0 Å². The number of hydrogen-bond donors (Lipinski definition) is 0. The molecule has 3 nitrogen and oxygen atoms in total. The SMILES string of the molecule is O=C1SC(=Cc2cccc(Br)c2)C(=O)N1c1ccccc1. The van der Waals surface area contributed by atoms with Crippen molar-refractivity contribution in [1.29, 1.82) is 0 Å². The Morgan fingerprint density at radius 3 is 2.48 bits per heavy atom. The van der Waals surface area contributed by atoms with E-state index in [-0.39, 0.29) is 11.1 Å². The Balaban J connectivity index is 1.94. The summed E-state index contributed by atoms with van der Waals surface area (Å²) in [6.07, 6.45) is 1.73. The van der Waals surface area contributed by atoms with Gasteiger partial charge in [-0.3, -0.25) is 9.59 Å². The van der Waals surface area contributed by atoms with E-state index in [1.807, 2.05) is 30.3 Å². The monoisotopic (exact) mass is 359 g/mol. The zero-order valence-electron chi connectivity index (χ0n) is 10.8. The Bertz CT molecular complexity index is 743. The number of halogens is 1. The van der Waals surface area contributed by atoms with Crippen LogP contribution in [-0.4, -0.2) is 11.1 Å². The molecule has 0 atom stereocenters. The second kappa shape index (κ2) is 5.87. The highest BCUT2D eigenvalue weighted by atomic mass is 79.9. The van der Waals surface area contributed by atoms with Crippen molar-refractivity contribution < 1.29 is 9.59 Å². The number of hydrogen-bond acceptors (Lipinski definition) is 3. The minimum absolute atomic E-state index is 0.271. The molecular weight excluding hydrogens is 350 g/mol. The third-order valence-electron chi connectivity index (χ3n) is 2.95. The van der Waals surface area contributed by atoms with E-state index in [9.17, 15) is 9.59 Å². The Morgan fingerprint density at radius 1 is 1.00 bits per heavy atom. The molecule has 0 radical (unpaired) electrons. The van der Waals surface area contributed by atoms with E-state index < -0.39 is 0 Å². The van der Waals surface area contributed by atoms with Crippen molar-refractivity contribution >= 4 is 50.6 Å². The maximum atomic E-state index is 12.4. The summed E-state index contributed by atoms with van der Waals surface area (Å²) in [7, 11) is 0. The molecule has 0 spiro atoms. The predicted octanol–water partition coefficient (Wildman–Crippen LogP) is 4.69. The van der Waals surface area contributed by atoms with Crippen molar-refractivity contribution in [3.05, 3.63) is 69.5 Å². The topological polar surface area (TPSA) is 37.4 Å². The molecule has 1 aliphatic rings. The second-order valence-electron chi connectivity index (χ2n) is 4.41. The van der Waals surface area contributed by atoms with Crippen molar-refractivity contribution in [1.82, 2.24) is 0 Å². The summed E-state index contributed by atoms with van der Waals surface area (Å²) >= 11 is 4.35. The molecule has 1 saturated heterocycles. The largest absolute Gasteiger partial charge is 0.298 e. The lowest BCUT2D eigenvalue weighted by molar-refractivity contribution is -0.113. The van der Waals surface area contributed by atoms with Gasteiger partial charge in [0.15, 0.2) is 0 Å². The van der Waals surface area contributed by atoms with Gasteiger partial charge in [0.25, 0.3) is 11.1 Å². The number of anilines is 1. The minimum Gasteiger partial charge on any atom is -0.268 e.